The SMILES string of the molecule is CC[C@@H]1CC(C(=O)NCCO[C@H]2OC(CO)[C@@H](O)C(OCc3cc4ccccc4oc3=O)C2O)C[C@@H](O[C@@H]2OC[C@H](O)C(O[C@@H](CC3CCCCC3)C(=O)O)C2OC(=O)c2ccccc2)C1O[C@@H]1OC(C)[C@@H](O)C(O)C1O. The van der Waals surface area contributed by atoms with Gasteiger partial charge in [-0.15, -0.1) is 0 Å². The third-order valence-electron chi connectivity index (χ3n) is 15.4. The van der Waals surface area contributed by atoms with E-state index in [2.05, 4.69) is 5.32 Å². The summed E-state index contributed by atoms with van der Waals surface area (Å²) in [4.78, 5) is 53.6. The van der Waals surface area contributed by atoms with E-state index >= 15 is 0 Å². The van der Waals surface area contributed by atoms with Crippen LogP contribution in [-0.2, 0) is 58.8 Å². The fourth-order valence-electron chi connectivity index (χ4n) is 11.0. The van der Waals surface area contributed by atoms with E-state index in [9.17, 15) is 60.0 Å². The van der Waals surface area contributed by atoms with Gasteiger partial charge in [-0.1, -0.05) is 81.8 Å². The third-order valence-corrected chi connectivity index (χ3v) is 15.4. The molecule has 8 rings (SSSR count). The van der Waals surface area contributed by atoms with Crippen molar-refractivity contribution in [3.8, 4) is 0 Å². The molecule has 1 aromatic heterocycles. The van der Waals surface area contributed by atoms with Crippen molar-refractivity contribution < 1.29 is 102 Å². The molecule has 77 heavy (non-hydrogen) atoms. The molecule has 0 bridgehead atoms. The quantitative estimate of drug-likeness (QED) is 0.0409. The van der Waals surface area contributed by atoms with Gasteiger partial charge < -0.3 is 93.2 Å². The van der Waals surface area contributed by atoms with E-state index in [-0.39, 0.29) is 56.1 Å². The number of nitrogens with one attached hydrogen (secondary N) is 1. The van der Waals surface area contributed by atoms with Crippen molar-refractivity contribution in [2.45, 2.75) is 183 Å². The number of hydrogen-bond acceptors (Lipinski definition) is 21. The zero-order valence-electron chi connectivity index (χ0n) is 43.0. The van der Waals surface area contributed by atoms with Gasteiger partial charge in [0, 0.05) is 17.8 Å². The van der Waals surface area contributed by atoms with Crippen molar-refractivity contribution in [1.29, 1.82) is 0 Å². The molecule has 10 unspecified atom stereocenters. The molecule has 2 saturated carbocycles. The number of para-hydroxylation sites is 1. The molecule has 4 heterocycles. The first-order valence-electron chi connectivity index (χ1n) is 26.6. The summed E-state index contributed by atoms with van der Waals surface area (Å²) >= 11 is 0. The normalized spacial score (nSPS) is 35.5. The number of rotatable bonds is 21. The molecule has 5 fully saturated rings. The lowest BCUT2D eigenvalue weighted by atomic mass is 9.75. The van der Waals surface area contributed by atoms with Gasteiger partial charge in [0.25, 0.3) is 0 Å². The van der Waals surface area contributed by atoms with Crippen molar-refractivity contribution >= 4 is 28.8 Å². The summed E-state index contributed by atoms with van der Waals surface area (Å²) < 4.78 is 60.1. The van der Waals surface area contributed by atoms with E-state index in [0.29, 0.717) is 17.4 Å². The van der Waals surface area contributed by atoms with Gasteiger partial charge in [-0.3, -0.25) is 4.79 Å². The molecule has 2 aliphatic carbocycles. The van der Waals surface area contributed by atoms with Crippen LogP contribution in [0.2, 0.25) is 0 Å². The Kier molecular flexibility index (Phi) is 20.6. The summed E-state index contributed by atoms with van der Waals surface area (Å²) in [7, 11) is 0. The molecule has 3 aromatic rings. The summed E-state index contributed by atoms with van der Waals surface area (Å²) in [6.07, 6.45) is -19.1. The Balaban J connectivity index is 0.982. The van der Waals surface area contributed by atoms with E-state index < -0.39 is 153 Å². The number of carbonyl (C=O) groups excluding carboxylic acids is 2. The Morgan fingerprint density at radius 3 is 2.25 bits per heavy atom. The highest BCUT2D eigenvalue weighted by atomic mass is 16.7. The molecule has 23 nitrogen and oxygen atoms in total. The fraction of sp³-hybridized carbons (Fsp3) is 0.667. The lowest BCUT2D eigenvalue weighted by Gasteiger charge is -2.47. The van der Waals surface area contributed by atoms with Gasteiger partial charge in [-0.25, -0.2) is 14.4 Å². The zero-order valence-corrected chi connectivity index (χ0v) is 43.0. The van der Waals surface area contributed by atoms with Crippen molar-refractivity contribution in [3.63, 3.8) is 0 Å². The van der Waals surface area contributed by atoms with Gasteiger partial charge in [0.05, 0.1) is 55.9 Å². The lowest BCUT2D eigenvalue weighted by molar-refractivity contribution is -0.339. The maximum atomic E-state index is 14.2. The minimum absolute atomic E-state index is 0.0470. The lowest BCUT2D eigenvalue weighted by Crippen LogP contribution is -2.62. The Hall–Kier alpha value is -4.54. The molecule has 3 saturated heterocycles. The number of hydrogen-bond donors (Lipinski definition) is 9. The van der Waals surface area contributed by atoms with Crippen LogP contribution in [0.25, 0.3) is 11.0 Å². The molecule has 0 spiro atoms. The van der Waals surface area contributed by atoms with Crippen LogP contribution in [-0.4, -0.2) is 189 Å². The van der Waals surface area contributed by atoms with Crippen LogP contribution in [0.15, 0.2) is 69.9 Å². The second-order valence-electron chi connectivity index (χ2n) is 20.7. The van der Waals surface area contributed by atoms with Crippen molar-refractivity contribution in [1.82, 2.24) is 5.32 Å². The molecule has 19 atom stereocenters. The molecule has 3 aliphatic heterocycles. The Morgan fingerprint density at radius 1 is 0.779 bits per heavy atom. The van der Waals surface area contributed by atoms with Crippen LogP contribution in [0.1, 0.15) is 87.6 Å². The molecular formula is C54H73NO22. The Bertz CT molecular complexity index is 2440. The minimum atomic E-state index is -1.72. The van der Waals surface area contributed by atoms with Crippen LogP contribution in [0.5, 0.6) is 0 Å². The van der Waals surface area contributed by atoms with Gasteiger partial charge in [0.2, 0.25) is 5.91 Å². The van der Waals surface area contributed by atoms with E-state index in [0.717, 1.165) is 32.1 Å². The van der Waals surface area contributed by atoms with Crippen molar-refractivity contribution in [3.05, 3.63) is 82.2 Å². The van der Waals surface area contributed by atoms with Crippen molar-refractivity contribution in [2.75, 3.05) is 26.4 Å². The molecule has 1 amide bonds. The Morgan fingerprint density at radius 2 is 1.52 bits per heavy atom. The van der Waals surface area contributed by atoms with E-state index in [1.54, 1.807) is 48.5 Å². The summed E-state index contributed by atoms with van der Waals surface area (Å²) in [6, 6.07) is 16.4. The maximum Gasteiger partial charge on any atom is 0.341 e. The van der Waals surface area contributed by atoms with E-state index in [1.165, 1.54) is 19.1 Å². The second kappa shape index (κ2) is 27.1. The average molecular weight is 1090 g/mol. The fourth-order valence-corrected chi connectivity index (χ4v) is 11.0. The van der Waals surface area contributed by atoms with Gasteiger partial charge >= 0.3 is 17.6 Å². The molecular weight excluding hydrogens is 1010 g/mol. The summed E-state index contributed by atoms with van der Waals surface area (Å²) in [5.41, 5.74) is -0.0711. The van der Waals surface area contributed by atoms with Crippen LogP contribution in [0.3, 0.4) is 0 Å². The number of esters is 1. The number of aliphatic hydroxyl groups excluding tert-OH is 7. The number of benzene rings is 2. The number of carboxylic acid groups (broad SMARTS) is 1. The largest absolute Gasteiger partial charge is 0.479 e. The molecule has 9 N–H and O–H groups in total. The molecule has 23 heteroatoms. The van der Waals surface area contributed by atoms with Crippen LogP contribution in [0.4, 0.5) is 0 Å². The molecule has 426 valence electrons. The number of aliphatic hydroxyl groups is 7. The van der Waals surface area contributed by atoms with E-state index in [1.807, 2.05) is 6.92 Å². The number of ether oxygens (including phenoxy) is 9. The number of carbonyl (C=O) groups is 3. The van der Waals surface area contributed by atoms with Crippen LogP contribution < -0.4 is 10.9 Å². The van der Waals surface area contributed by atoms with Crippen LogP contribution >= 0.6 is 0 Å². The zero-order chi connectivity index (χ0) is 54.9. The predicted molar refractivity (Wildman–Crippen MR) is 265 cm³/mol. The van der Waals surface area contributed by atoms with Crippen molar-refractivity contribution in [2.24, 2.45) is 17.8 Å². The van der Waals surface area contributed by atoms with Crippen LogP contribution in [0, 0.1) is 17.8 Å². The maximum absolute atomic E-state index is 14.2. The highest BCUT2D eigenvalue weighted by molar-refractivity contribution is 5.89. The number of aliphatic carboxylic acids is 1. The number of carboxylic acids is 1. The smallest absolute Gasteiger partial charge is 0.341 e. The first kappa shape index (κ1) is 58.6. The predicted octanol–water partition coefficient (Wildman–Crippen LogP) is 1.04. The van der Waals surface area contributed by atoms with Gasteiger partial charge in [0.15, 0.2) is 31.1 Å². The third kappa shape index (κ3) is 14.3. The summed E-state index contributed by atoms with van der Waals surface area (Å²) in [5.74, 6) is -3.89. The van der Waals surface area contributed by atoms with E-state index in [4.69, 9.17) is 47.0 Å². The summed E-state index contributed by atoms with van der Waals surface area (Å²) in [5, 5.41) is 90.0. The average Bonchev–Trinajstić information content (AvgIpc) is 3.43. The standard InChI is InChI=1S/C54H73NO22/c1-3-29-21-32(48(63)55-18-19-68-52-43(62)46(40(59)38(24-56)75-52)69-25-33-22-31-16-10-11-17-35(31)73-51(33)67)23-36(44(29)77-53-42(61)41(60)39(58)27(2)71-53)74-54-47(76-50(66)30-14-8-5-9-15-30)45(34(57)26-70-54)72-37(49(64)65)20-28-12-6-4-7-13-28/h5,8-11,14-17,22,27-29,32,34,36-47,52-54,56-62H,3-4,6-7,12-13,18-21,23-26H2,1-2H3,(H,55,63)(H,64,65)/t27?,29-,32?,34+,36-,37+,38?,39-,40-,41?,42?,43?,44?,45?,46?,47?,52+,53+,54+/m1/s1. The van der Waals surface area contributed by atoms with Gasteiger partial charge in [-0.05, 0) is 62.3 Å². The minimum Gasteiger partial charge on any atom is -0.479 e. The van der Waals surface area contributed by atoms with Gasteiger partial charge in [0.1, 0.15) is 60.5 Å². The monoisotopic (exact) mass is 1090 g/mol. The molecule has 2 aromatic carbocycles. The molecule has 5 aliphatic rings. The second-order valence-corrected chi connectivity index (χ2v) is 20.7. The number of fused-ring (bicyclic) bond motifs is 1. The first-order chi connectivity index (χ1) is 37.0. The number of amides is 1. The summed E-state index contributed by atoms with van der Waals surface area (Å²) in [6.45, 7) is 1.47. The first-order valence-corrected chi connectivity index (χ1v) is 26.6. The highest BCUT2D eigenvalue weighted by Crippen LogP contribution is 2.40. The highest BCUT2D eigenvalue weighted by Gasteiger charge is 2.52. The van der Waals surface area contributed by atoms with Gasteiger partial charge in [-0.2, -0.15) is 0 Å². The topological polar surface area (TPSA) is 338 Å². The molecule has 0 radical (unpaired) electrons. The Labute approximate surface area is 444 Å².